The van der Waals surface area contributed by atoms with E-state index in [2.05, 4.69) is 36.2 Å². The topological polar surface area (TPSA) is 37.4 Å². The first-order chi connectivity index (χ1) is 7.61. The van der Waals surface area contributed by atoms with Gasteiger partial charge < -0.3 is 15.0 Å². The van der Waals surface area contributed by atoms with Crippen LogP contribution in [-0.2, 0) is 0 Å². The summed E-state index contributed by atoms with van der Waals surface area (Å²) in [6.07, 6.45) is 2.82. The van der Waals surface area contributed by atoms with Crippen LogP contribution in [0.2, 0.25) is 0 Å². The molecule has 1 aromatic heterocycles. The van der Waals surface area contributed by atoms with Gasteiger partial charge in [0.25, 0.3) is 0 Å². The van der Waals surface area contributed by atoms with Crippen molar-refractivity contribution < 1.29 is 4.74 Å². The Morgan fingerprint density at radius 1 is 1.44 bits per heavy atom. The van der Waals surface area contributed by atoms with Crippen molar-refractivity contribution in [3.63, 3.8) is 0 Å². The van der Waals surface area contributed by atoms with Crippen LogP contribution in [0.4, 0.5) is 5.82 Å². The smallest absolute Gasteiger partial charge is 0.137 e. The zero-order chi connectivity index (χ0) is 12.0. The molecule has 1 aromatic rings. The lowest BCUT2D eigenvalue weighted by molar-refractivity contribution is 0.390. The molecule has 0 saturated carbocycles. The lowest BCUT2D eigenvalue weighted by Gasteiger charge is -2.17. The van der Waals surface area contributed by atoms with Gasteiger partial charge >= 0.3 is 0 Å². The van der Waals surface area contributed by atoms with Crippen LogP contribution >= 0.6 is 0 Å². The van der Waals surface area contributed by atoms with E-state index in [1.165, 1.54) is 0 Å². The minimum atomic E-state index is 0.420. The van der Waals surface area contributed by atoms with Gasteiger partial charge in [0.2, 0.25) is 0 Å². The second-order valence-electron chi connectivity index (χ2n) is 4.22. The molecule has 0 aliphatic carbocycles. The Morgan fingerprint density at radius 3 is 2.69 bits per heavy atom. The molecule has 4 heteroatoms. The molecule has 0 spiro atoms. The molecule has 1 heterocycles. The number of hydrogen-bond donors (Lipinski definition) is 1. The van der Waals surface area contributed by atoms with Gasteiger partial charge in [-0.3, -0.25) is 0 Å². The number of nitrogens with zero attached hydrogens (tertiary/aromatic N) is 2. The Balaban J connectivity index is 2.40. The van der Waals surface area contributed by atoms with Crippen molar-refractivity contribution in [2.45, 2.75) is 19.4 Å². The van der Waals surface area contributed by atoms with Crippen molar-refractivity contribution in [1.82, 2.24) is 9.88 Å². The zero-order valence-corrected chi connectivity index (χ0v) is 10.5. The van der Waals surface area contributed by atoms with E-state index in [1.807, 2.05) is 12.1 Å². The van der Waals surface area contributed by atoms with Gasteiger partial charge in [0.05, 0.1) is 13.3 Å². The van der Waals surface area contributed by atoms with E-state index in [0.29, 0.717) is 6.04 Å². The molecule has 0 saturated heterocycles. The number of aromatic nitrogens is 1. The maximum atomic E-state index is 5.06. The number of anilines is 1. The first-order valence-electron chi connectivity index (χ1n) is 5.53. The summed E-state index contributed by atoms with van der Waals surface area (Å²) < 4.78 is 5.06. The Bertz CT molecular complexity index is 298. The van der Waals surface area contributed by atoms with Crippen molar-refractivity contribution in [2.75, 3.05) is 33.1 Å². The van der Waals surface area contributed by atoms with Gasteiger partial charge in [0.1, 0.15) is 11.6 Å². The second-order valence-corrected chi connectivity index (χ2v) is 4.22. The van der Waals surface area contributed by atoms with Crippen molar-refractivity contribution >= 4 is 5.82 Å². The quantitative estimate of drug-likeness (QED) is 0.798. The highest BCUT2D eigenvalue weighted by Crippen LogP contribution is 2.12. The van der Waals surface area contributed by atoms with Crippen LogP contribution in [-0.4, -0.2) is 43.7 Å². The zero-order valence-electron chi connectivity index (χ0n) is 10.5. The number of hydrogen-bond acceptors (Lipinski definition) is 4. The minimum absolute atomic E-state index is 0.420. The Kier molecular flexibility index (Phi) is 5.05. The third-order valence-electron chi connectivity index (χ3n) is 2.38. The number of pyridine rings is 1. The van der Waals surface area contributed by atoms with Crippen LogP contribution < -0.4 is 10.1 Å². The van der Waals surface area contributed by atoms with Crippen LogP contribution in [0, 0.1) is 0 Å². The van der Waals surface area contributed by atoms with Crippen LogP contribution in [0.1, 0.15) is 13.3 Å². The molecule has 90 valence electrons. The number of ether oxygens (including phenoxy) is 1. The third-order valence-corrected chi connectivity index (χ3v) is 2.38. The van der Waals surface area contributed by atoms with E-state index < -0.39 is 0 Å². The average Bonchev–Trinajstić information content (AvgIpc) is 2.27. The fourth-order valence-electron chi connectivity index (χ4n) is 1.36. The van der Waals surface area contributed by atoms with E-state index in [1.54, 1.807) is 13.3 Å². The van der Waals surface area contributed by atoms with Crippen LogP contribution in [0.3, 0.4) is 0 Å². The number of nitrogens with one attached hydrogen (secondary N) is 1. The van der Waals surface area contributed by atoms with E-state index in [0.717, 1.165) is 24.5 Å². The van der Waals surface area contributed by atoms with Crippen LogP contribution in [0.5, 0.6) is 5.75 Å². The Labute approximate surface area is 97.6 Å². The van der Waals surface area contributed by atoms with Gasteiger partial charge in [-0.1, -0.05) is 0 Å². The molecule has 0 aliphatic heterocycles. The second kappa shape index (κ2) is 6.33. The lowest BCUT2D eigenvalue weighted by Crippen LogP contribution is -2.23. The molecule has 16 heavy (non-hydrogen) atoms. The predicted octanol–water partition coefficient (Wildman–Crippen LogP) is 1.84. The molecule has 1 N–H and O–H groups in total. The van der Waals surface area contributed by atoms with E-state index in [9.17, 15) is 0 Å². The summed E-state index contributed by atoms with van der Waals surface area (Å²) in [5, 5.41) is 3.36. The normalized spacial score (nSPS) is 12.6. The van der Waals surface area contributed by atoms with Crippen molar-refractivity contribution in [3.05, 3.63) is 18.3 Å². The molecule has 0 aromatic carbocycles. The van der Waals surface area contributed by atoms with Crippen molar-refractivity contribution in [1.29, 1.82) is 0 Å². The fourth-order valence-corrected chi connectivity index (χ4v) is 1.36. The van der Waals surface area contributed by atoms with Crippen LogP contribution in [0.15, 0.2) is 18.3 Å². The van der Waals surface area contributed by atoms with Crippen molar-refractivity contribution in [2.24, 2.45) is 0 Å². The average molecular weight is 223 g/mol. The van der Waals surface area contributed by atoms with Gasteiger partial charge in [0, 0.05) is 6.04 Å². The molecule has 1 atom stereocenters. The summed E-state index contributed by atoms with van der Waals surface area (Å²) in [6, 6.07) is 4.27. The fraction of sp³-hybridized carbons (Fsp3) is 0.583. The first-order valence-corrected chi connectivity index (χ1v) is 5.53. The standard InChI is InChI=1S/C12H21N3O/c1-10(7-8-15(2)3)14-12-6-5-11(16-4)9-13-12/h5-6,9-10H,7-8H2,1-4H3,(H,13,14). The van der Waals surface area contributed by atoms with Crippen molar-refractivity contribution in [3.8, 4) is 5.75 Å². The van der Waals surface area contributed by atoms with Gasteiger partial charge in [-0.2, -0.15) is 0 Å². The molecule has 1 rings (SSSR count). The molecule has 0 radical (unpaired) electrons. The van der Waals surface area contributed by atoms with E-state index in [4.69, 9.17) is 4.74 Å². The molecule has 4 nitrogen and oxygen atoms in total. The Morgan fingerprint density at radius 2 is 2.19 bits per heavy atom. The van der Waals surface area contributed by atoms with Crippen LogP contribution in [0.25, 0.3) is 0 Å². The predicted molar refractivity (Wildman–Crippen MR) is 67.0 cm³/mol. The summed E-state index contributed by atoms with van der Waals surface area (Å²) >= 11 is 0. The van der Waals surface area contributed by atoms with Gasteiger partial charge in [-0.15, -0.1) is 0 Å². The molecular weight excluding hydrogens is 202 g/mol. The largest absolute Gasteiger partial charge is 0.495 e. The molecule has 0 bridgehead atoms. The monoisotopic (exact) mass is 223 g/mol. The van der Waals surface area contributed by atoms with Gasteiger partial charge in [-0.05, 0) is 46.1 Å². The molecule has 0 fully saturated rings. The van der Waals surface area contributed by atoms with Gasteiger partial charge in [0.15, 0.2) is 0 Å². The highest BCUT2D eigenvalue weighted by molar-refractivity contribution is 5.38. The number of rotatable bonds is 6. The molecule has 0 aliphatic rings. The Hall–Kier alpha value is -1.29. The first kappa shape index (κ1) is 12.8. The van der Waals surface area contributed by atoms with E-state index in [-0.39, 0.29) is 0 Å². The SMILES string of the molecule is COc1ccc(NC(C)CCN(C)C)nc1. The number of methoxy groups -OCH3 is 1. The maximum Gasteiger partial charge on any atom is 0.137 e. The third kappa shape index (κ3) is 4.49. The molecule has 1 unspecified atom stereocenters. The molecule has 0 amide bonds. The molecular formula is C12H21N3O. The summed E-state index contributed by atoms with van der Waals surface area (Å²) in [6.45, 7) is 3.24. The summed E-state index contributed by atoms with van der Waals surface area (Å²) in [4.78, 5) is 6.45. The minimum Gasteiger partial charge on any atom is -0.495 e. The lowest BCUT2D eigenvalue weighted by atomic mass is 10.2. The highest BCUT2D eigenvalue weighted by Gasteiger charge is 2.03. The summed E-state index contributed by atoms with van der Waals surface area (Å²) in [7, 11) is 5.81. The summed E-state index contributed by atoms with van der Waals surface area (Å²) in [5.41, 5.74) is 0. The van der Waals surface area contributed by atoms with E-state index >= 15 is 0 Å². The van der Waals surface area contributed by atoms with Gasteiger partial charge in [-0.25, -0.2) is 4.98 Å². The maximum absolute atomic E-state index is 5.06. The highest BCUT2D eigenvalue weighted by atomic mass is 16.5. The summed E-state index contributed by atoms with van der Waals surface area (Å²) in [5.74, 6) is 1.68.